The van der Waals surface area contributed by atoms with Crippen molar-refractivity contribution >= 4 is 63.0 Å². The number of hydrogen-bond acceptors (Lipinski definition) is 5. The second kappa shape index (κ2) is 6.40. The Hall–Kier alpha value is -2.84. The van der Waals surface area contributed by atoms with Crippen molar-refractivity contribution in [3.63, 3.8) is 0 Å². The third-order valence-corrected chi connectivity index (χ3v) is 5.61. The molecule has 0 unspecified atom stereocenters. The van der Waals surface area contributed by atoms with Crippen molar-refractivity contribution in [2.24, 2.45) is 0 Å². The van der Waals surface area contributed by atoms with Crippen LogP contribution in [-0.4, -0.2) is 22.0 Å². The Morgan fingerprint density at radius 1 is 1.00 bits per heavy atom. The fraction of sp³-hybridized carbons (Fsp3) is 0.0526. The second-order valence-electron chi connectivity index (χ2n) is 5.84. The molecule has 0 spiro atoms. The molecule has 8 heteroatoms. The number of benzene rings is 2. The van der Waals surface area contributed by atoms with Crippen LogP contribution >= 0.6 is 24.0 Å². The summed E-state index contributed by atoms with van der Waals surface area (Å²) in [7, 11) is 0. The highest BCUT2D eigenvalue weighted by Gasteiger charge is 2.44. The number of hydrogen-bond donors (Lipinski definition) is 0. The lowest BCUT2D eigenvalue weighted by Gasteiger charge is -2.15. The maximum atomic E-state index is 14.2. The molecule has 2 heterocycles. The van der Waals surface area contributed by atoms with Crippen LogP contribution in [-0.2, 0) is 14.4 Å². The van der Waals surface area contributed by atoms with E-state index in [9.17, 15) is 18.8 Å². The summed E-state index contributed by atoms with van der Waals surface area (Å²) in [6.07, 6.45) is 0. The summed E-state index contributed by atoms with van der Waals surface area (Å²) in [5.41, 5.74) is 1.03. The topological polar surface area (TPSA) is 57.7 Å². The molecule has 27 heavy (non-hydrogen) atoms. The number of para-hydroxylation sites is 2. The van der Waals surface area contributed by atoms with Gasteiger partial charge in [-0.25, -0.2) is 9.29 Å². The zero-order valence-electron chi connectivity index (χ0n) is 13.9. The number of fused-ring (bicyclic) bond motifs is 1. The molecule has 2 aliphatic heterocycles. The third kappa shape index (κ3) is 2.60. The van der Waals surface area contributed by atoms with Gasteiger partial charge in [0.15, 0.2) is 4.32 Å². The molecule has 134 valence electrons. The summed E-state index contributed by atoms with van der Waals surface area (Å²) >= 11 is 6.19. The summed E-state index contributed by atoms with van der Waals surface area (Å²) in [5, 5.41) is 0. The van der Waals surface area contributed by atoms with Gasteiger partial charge in [0.2, 0.25) is 5.91 Å². The van der Waals surface area contributed by atoms with Crippen LogP contribution in [0.3, 0.4) is 0 Å². The number of amides is 3. The van der Waals surface area contributed by atoms with E-state index in [1.807, 2.05) is 0 Å². The summed E-state index contributed by atoms with van der Waals surface area (Å²) in [6, 6.07) is 12.5. The Morgan fingerprint density at radius 3 is 2.30 bits per heavy atom. The molecular formula is C19H11FN2O3S2. The van der Waals surface area contributed by atoms with Crippen molar-refractivity contribution in [1.29, 1.82) is 0 Å². The average molecular weight is 398 g/mol. The summed E-state index contributed by atoms with van der Waals surface area (Å²) in [5.74, 6) is -2.22. The molecule has 4 rings (SSSR count). The van der Waals surface area contributed by atoms with Gasteiger partial charge in [-0.05, 0) is 18.2 Å². The van der Waals surface area contributed by atoms with E-state index in [0.717, 1.165) is 21.6 Å². The van der Waals surface area contributed by atoms with Crippen LogP contribution in [0.1, 0.15) is 12.5 Å². The number of anilines is 2. The van der Waals surface area contributed by atoms with Gasteiger partial charge < -0.3 is 0 Å². The quantitative estimate of drug-likeness (QED) is 0.544. The van der Waals surface area contributed by atoms with E-state index >= 15 is 0 Å². The predicted molar refractivity (Wildman–Crippen MR) is 106 cm³/mol. The highest BCUT2D eigenvalue weighted by Crippen LogP contribution is 2.45. The molecule has 0 aromatic heterocycles. The van der Waals surface area contributed by atoms with Crippen LogP contribution in [0.4, 0.5) is 15.8 Å². The third-order valence-electron chi connectivity index (χ3n) is 4.24. The first kappa shape index (κ1) is 17.6. The highest BCUT2D eigenvalue weighted by atomic mass is 32.2. The van der Waals surface area contributed by atoms with Gasteiger partial charge >= 0.3 is 0 Å². The molecular weight excluding hydrogens is 387 g/mol. The van der Waals surface area contributed by atoms with E-state index in [-0.39, 0.29) is 20.5 Å². The largest absolute Gasteiger partial charge is 0.274 e. The summed E-state index contributed by atoms with van der Waals surface area (Å²) in [4.78, 5) is 40.1. The van der Waals surface area contributed by atoms with E-state index in [1.54, 1.807) is 30.3 Å². The number of nitrogens with zero attached hydrogens (tertiary/aromatic N) is 2. The standard InChI is InChI=1S/C19H11FN2O3S2/c1-10(23)21-13-8-4-2-6-11(13)15(17(21)24)16-18(25)22(19(26)27-16)14-9-5-3-7-12(14)20/h2-9H,1H3/b16-15-. The van der Waals surface area contributed by atoms with Crippen LogP contribution in [0, 0.1) is 5.82 Å². The zero-order valence-corrected chi connectivity index (χ0v) is 15.6. The van der Waals surface area contributed by atoms with Gasteiger partial charge in [-0.3, -0.25) is 19.3 Å². The van der Waals surface area contributed by atoms with Gasteiger partial charge in [0.25, 0.3) is 11.8 Å². The molecule has 0 bridgehead atoms. The first-order chi connectivity index (χ1) is 12.9. The molecule has 0 saturated carbocycles. The minimum atomic E-state index is -0.594. The number of carbonyl (C=O) groups excluding carboxylic acids is 3. The maximum Gasteiger partial charge on any atom is 0.271 e. The number of thioether (sulfide) groups is 1. The van der Waals surface area contributed by atoms with E-state index < -0.39 is 23.5 Å². The van der Waals surface area contributed by atoms with Crippen molar-refractivity contribution < 1.29 is 18.8 Å². The molecule has 1 fully saturated rings. The lowest BCUT2D eigenvalue weighted by atomic mass is 10.1. The van der Waals surface area contributed by atoms with Crippen LogP contribution in [0.15, 0.2) is 53.4 Å². The molecule has 2 aromatic carbocycles. The maximum absolute atomic E-state index is 14.2. The lowest BCUT2D eigenvalue weighted by Crippen LogP contribution is -2.32. The van der Waals surface area contributed by atoms with Gasteiger partial charge in [-0.1, -0.05) is 54.3 Å². The number of rotatable bonds is 1. The zero-order chi connectivity index (χ0) is 19.3. The molecule has 1 saturated heterocycles. The normalized spacial score (nSPS) is 19.1. The van der Waals surface area contributed by atoms with Crippen molar-refractivity contribution in [3.8, 4) is 0 Å². The molecule has 5 nitrogen and oxygen atoms in total. The van der Waals surface area contributed by atoms with E-state index in [1.165, 1.54) is 25.1 Å². The monoisotopic (exact) mass is 398 g/mol. The Bertz CT molecular complexity index is 1080. The Labute approximate surface area is 163 Å². The van der Waals surface area contributed by atoms with Crippen LogP contribution in [0.2, 0.25) is 0 Å². The molecule has 3 amide bonds. The highest BCUT2D eigenvalue weighted by molar-refractivity contribution is 8.27. The number of carbonyl (C=O) groups is 3. The number of imide groups is 1. The first-order valence-electron chi connectivity index (χ1n) is 7.91. The molecule has 0 radical (unpaired) electrons. The van der Waals surface area contributed by atoms with Crippen LogP contribution in [0.5, 0.6) is 0 Å². The van der Waals surface area contributed by atoms with Crippen molar-refractivity contribution in [2.45, 2.75) is 6.92 Å². The fourth-order valence-electron chi connectivity index (χ4n) is 3.11. The van der Waals surface area contributed by atoms with E-state index in [0.29, 0.717) is 11.3 Å². The van der Waals surface area contributed by atoms with Gasteiger partial charge in [-0.2, -0.15) is 0 Å². The Balaban J connectivity index is 1.89. The molecule has 0 N–H and O–H groups in total. The van der Waals surface area contributed by atoms with Crippen LogP contribution < -0.4 is 9.80 Å². The van der Waals surface area contributed by atoms with Gasteiger partial charge in [0, 0.05) is 12.5 Å². The average Bonchev–Trinajstić information content (AvgIpc) is 3.08. The minimum Gasteiger partial charge on any atom is -0.274 e. The van der Waals surface area contributed by atoms with Crippen molar-refractivity contribution in [1.82, 2.24) is 0 Å². The minimum absolute atomic E-state index is 0.0257. The predicted octanol–water partition coefficient (Wildman–Crippen LogP) is 3.49. The Kier molecular flexibility index (Phi) is 4.16. The molecule has 0 aliphatic carbocycles. The van der Waals surface area contributed by atoms with Crippen molar-refractivity contribution in [2.75, 3.05) is 9.80 Å². The second-order valence-corrected chi connectivity index (χ2v) is 7.48. The number of thiocarbonyl (C=S) groups is 1. The van der Waals surface area contributed by atoms with Gasteiger partial charge in [0.1, 0.15) is 5.82 Å². The smallest absolute Gasteiger partial charge is 0.271 e. The SMILES string of the molecule is CC(=O)N1C(=O)/C(=C2\SC(=S)N(c3ccccc3F)C2=O)c2ccccc21. The molecule has 2 aromatic rings. The summed E-state index contributed by atoms with van der Waals surface area (Å²) in [6.45, 7) is 1.28. The molecule has 0 atom stereocenters. The van der Waals surface area contributed by atoms with Crippen molar-refractivity contribution in [3.05, 3.63) is 64.8 Å². The fourth-order valence-corrected chi connectivity index (χ4v) is 4.46. The van der Waals surface area contributed by atoms with Gasteiger partial charge in [0.05, 0.1) is 21.9 Å². The van der Waals surface area contributed by atoms with E-state index in [2.05, 4.69) is 0 Å². The van der Waals surface area contributed by atoms with Gasteiger partial charge in [-0.15, -0.1) is 0 Å². The Morgan fingerprint density at radius 2 is 1.63 bits per heavy atom. The van der Waals surface area contributed by atoms with Crippen LogP contribution in [0.25, 0.3) is 5.57 Å². The summed E-state index contributed by atoms with van der Waals surface area (Å²) < 4.78 is 14.3. The molecule has 2 aliphatic rings. The van der Waals surface area contributed by atoms with E-state index in [4.69, 9.17) is 12.2 Å². The lowest BCUT2D eigenvalue weighted by molar-refractivity contribution is -0.122. The number of halogens is 1. The first-order valence-corrected chi connectivity index (χ1v) is 9.13.